The maximum absolute atomic E-state index is 10.7. The van der Waals surface area contributed by atoms with Crippen molar-refractivity contribution in [2.24, 2.45) is 0 Å². The molecule has 0 unspecified atom stereocenters. The number of hydrogen-bond donors (Lipinski definition) is 2. The van der Waals surface area contributed by atoms with Crippen molar-refractivity contribution in [2.45, 2.75) is 6.92 Å². The van der Waals surface area contributed by atoms with Crippen molar-refractivity contribution in [3.05, 3.63) is 59.4 Å². The van der Waals surface area contributed by atoms with Crippen LogP contribution in [0.5, 0.6) is 11.5 Å². The number of nitrogens with zero attached hydrogens (tertiary/aromatic N) is 2. The molecule has 0 fully saturated rings. The van der Waals surface area contributed by atoms with Crippen molar-refractivity contribution >= 4 is 33.4 Å². The van der Waals surface area contributed by atoms with Crippen LogP contribution >= 0.6 is 11.6 Å². The molecule has 0 bridgehead atoms. The van der Waals surface area contributed by atoms with Crippen LogP contribution in [0.15, 0.2) is 48.8 Å². The number of benzene rings is 2. The highest BCUT2D eigenvalue weighted by atomic mass is 35.5. The average molecular weight is 337 g/mol. The van der Waals surface area contributed by atoms with E-state index in [9.17, 15) is 10.2 Å². The fourth-order valence-electron chi connectivity index (χ4n) is 3.00. The summed E-state index contributed by atoms with van der Waals surface area (Å²) < 4.78 is 0. The quantitative estimate of drug-likeness (QED) is 0.523. The first-order valence-corrected chi connectivity index (χ1v) is 7.79. The van der Waals surface area contributed by atoms with Gasteiger partial charge in [0.15, 0.2) is 0 Å². The van der Waals surface area contributed by atoms with Crippen molar-refractivity contribution in [3.63, 3.8) is 0 Å². The van der Waals surface area contributed by atoms with E-state index >= 15 is 0 Å². The van der Waals surface area contributed by atoms with Crippen LogP contribution in [0.1, 0.15) is 5.56 Å². The molecule has 0 saturated heterocycles. The van der Waals surface area contributed by atoms with E-state index in [-0.39, 0.29) is 11.5 Å². The van der Waals surface area contributed by atoms with Crippen molar-refractivity contribution < 1.29 is 10.2 Å². The molecule has 0 saturated carbocycles. The van der Waals surface area contributed by atoms with Gasteiger partial charge in [0.1, 0.15) is 22.5 Å². The van der Waals surface area contributed by atoms with Gasteiger partial charge in [0.05, 0.1) is 5.02 Å². The van der Waals surface area contributed by atoms with Crippen LogP contribution in [0.25, 0.3) is 32.9 Å². The normalized spacial score (nSPS) is 11.2. The first-order chi connectivity index (χ1) is 11.6. The molecule has 5 heteroatoms. The molecule has 2 aromatic carbocycles. The molecule has 2 heterocycles. The van der Waals surface area contributed by atoms with Crippen LogP contribution in [0, 0.1) is 6.92 Å². The Morgan fingerprint density at radius 3 is 2.04 bits per heavy atom. The van der Waals surface area contributed by atoms with Gasteiger partial charge >= 0.3 is 0 Å². The Morgan fingerprint density at radius 1 is 0.833 bits per heavy atom. The topological polar surface area (TPSA) is 66.2 Å². The molecule has 4 nitrogen and oxygen atoms in total. The number of hydrogen-bond acceptors (Lipinski definition) is 4. The molecule has 118 valence electrons. The van der Waals surface area contributed by atoms with Gasteiger partial charge in [0.25, 0.3) is 0 Å². The summed E-state index contributed by atoms with van der Waals surface area (Å²) in [4.78, 5) is 8.47. The van der Waals surface area contributed by atoms with Crippen molar-refractivity contribution in [1.82, 2.24) is 9.97 Å². The second-order valence-corrected chi connectivity index (χ2v) is 6.05. The van der Waals surface area contributed by atoms with Gasteiger partial charge < -0.3 is 10.2 Å². The lowest BCUT2D eigenvalue weighted by Gasteiger charge is -2.13. The standard InChI is InChI=1S/C19H13ClN2O2/c1-10-8-13(18(23)16-11(10)4-2-6-21-16)14-9-15(20)12-5-3-7-22-17(12)19(14)24/h2-9,23-24H,1H3. The van der Waals surface area contributed by atoms with Gasteiger partial charge in [-0.15, -0.1) is 0 Å². The Morgan fingerprint density at radius 2 is 1.38 bits per heavy atom. The van der Waals surface area contributed by atoms with Gasteiger partial charge in [-0.2, -0.15) is 0 Å². The van der Waals surface area contributed by atoms with E-state index in [0.717, 1.165) is 10.9 Å². The number of phenols is 2. The van der Waals surface area contributed by atoms with Gasteiger partial charge in [-0.3, -0.25) is 9.97 Å². The van der Waals surface area contributed by atoms with E-state index < -0.39 is 0 Å². The van der Waals surface area contributed by atoms with E-state index in [1.54, 1.807) is 30.6 Å². The zero-order valence-electron chi connectivity index (χ0n) is 12.8. The minimum Gasteiger partial charge on any atom is -0.505 e. The SMILES string of the molecule is Cc1cc(-c2cc(Cl)c3cccnc3c2O)c(O)c2ncccc12. The van der Waals surface area contributed by atoms with Crippen LogP contribution in [-0.4, -0.2) is 20.2 Å². The van der Waals surface area contributed by atoms with Crippen LogP contribution < -0.4 is 0 Å². The minimum absolute atomic E-state index is 0.0119. The maximum atomic E-state index is 10.7. The number of halogens is 1. The van der Waals surface area contributed by atoms with E-state index in [1.165, 1.54) is 0 Å². The largest absolute Gasteiger partial charge is 0.505 e. The van der Waals surface area contributed by atoms with Crippen molar-refractivity contribution in [2.75, 3.05) is 0 Å². The van der Waals surface area contributed by atoms with E-state index in [4.69, 9.17) is 11.6 Å². The molecule has 0 aliphatic carbocycles. The van der Waals surface area contributed by atoms with Crippen molar-refractivity contribution in [1.29, 1.82) is 0 Å². The number of rotatable bonds is 1. The number of phenolic OH excluding ortho intramolecular Hbond substituents is 2. The fraction of sp³-hybridized carbons (Fsp3) is 0.0526. The lowest BCUT2D eigenvalue weighted by Crippen LogP contribution is -1.90. The van der Waals surface area contributed by atoms with Gasteiger partial charge in [-0.05, 0) is 42.8 Å². The summed E-state index contributed by atoms with van der Waals surface area (Å²) >= 11 is 6.35. The van der Waals surface area contributed by atoms with Gasteiger partial charge in [0, 0.05) is 34.3 Å². The lowest BCUT2D eigenvalue weighted by molar-refractivity contribution is 0.474. The van der Waals surface area contributed by atoms with Crippen molar-refractivity contribution in [3.8, 4) is 22.6 Å². The van der Waals surface area contributed by atoms with Gasteiger partial charge in [0.2, 0.25) is 0 Å². The lowest BCUT2D eigenvalue weighted by atomic mass is 9.96. The summed E-state index contributed by atoms with van der Waals surface area (Å²) in [6.45, 7) is 1.94. The second kappa shape index (κ2) is 5.35. The molecule has 0 radical (unpaired) electrons. The number of aromatic nitrogens is 2. The highest BCUT2D eigenvalue weighted by Crippen LogP contribution is 2.44. The van der Waals surface area contributed by atoms with E-state index in [2.05, 4.69) is 9.97 Å². The maximum Gasteiger partial charge on any atom is 0.149 e. The summed E-state index contributed by atoms with van der Waals surface area (Å²) in [5.74, 6) is -0.00201. The number of pyridine rings is 2. The molecule has 0 spiro atoms. The first kappa shape index (κ1) is 14.7. The molecule has 0 atom stereocenters. The van der Waals surface area contributed by atoms with Gasteiger partial charge in [-0.1, -0.05) is 17.7 Å². The summed E-state index contributed by atoms with van der Waals surface area (Å²) in [6.07, 6.45) is 3.22. The van der Waals surface area contributed by atoms with Crippen LogP contribution in [-0.2, 0) is 0 Å². The summed E-state index contributed by atoms with van der Waals surface area (Å²) in [6, 6.07) is 10.7. The molecule has 0 aliphatic heterocycles. The Balaban J connectivity index is 2.10. The van der Waals surface area contributed by atoms with Gasteiger partial charge in [-0.25, -0.2) is 0 Å². The zero-order valence-corrected chi connectivity index (χ0v) is 13.5. The highest BCUT2D eigenvalue weighted by molar-refractivity contribution is 6.36. The molecule has 4 aromatic rings. The van der Waals surface area contributed by atoms with E-state index in [0.29, 0.717) is 32.6 Å². The molecular weight excluding hydrogens is 324 g/mol. The predicted molar refractivity (Wildman–Crippen MR) is 95.6 cm³/mol. The number of fused-ring (bicyclic) bond motifs is 2. The number of aryl methyl sites for hydroxylation is 1. The summed E-state index contributed by atoms with van der Waals surface area (Å²) in [7, 11) is 0. The third-order valence-electron chi connectivity index (χ3n) is 4.18. The predicted octanol–water partition coefficient (Wildman–Crippen LogP) is 4.82. The Kier molecular flexibility index (Phi) is 3.28. The third-order valence-corrected chi connectivity index (χ3v) is 4.49. The molecular formula is C19H13ClN2O2. The molecule has 2 aromatic heterocycles. The monoisotopic (exact) mass is 336 g/mol. The molecule has 0 aliphatic rings. The third kappa shape index (κ3) is 2.07. The Hall–Kier alpha value is -2.85. The summed E-state index contributed by atoms with van der Waals surface area (Å²) in [5, 5.41) is 23.3. The van der Waals surface area contributed by atoms with Crippen LogP contribution in [0.4, 0.5) is 0 Å². The second-order valence-electron chi connectivity index (χ2n) is 5.64. The Labute approximate surface area is 143 Å². The average Bonchev–Trinajstić information content (AvgIpc) is 2.61. The molecule has 4 rings (SSSR count). The minimum atomic E-state index is -0.0139. The summed E-state index contributed by atoms with van der Waals surface area (Å²) in [5.41, 5.74) is 2.75. The Bertz CT molecular complexity index is 1020. The molecule has 24 heavy (non-hydrogen) atoms. The number of aromatic hydroxyl groups is 2. The zero-order chi connectivity index (χ0) is 16.8. The van der Waals surface area contributed by atoms with Crippen LogP contribution in [0.3, 0.4) is 0 Å². The molecule has 0 amide bonds. The first-order valence-electron chi connectivity index (χ1n) is 7.42. The van der Waals surface area contributed by atoms with E-state index in [1.807, 2.05) is 25.1 Å². The fourth-order valence-corrected chi connectivity index (χ4v) is 3.26. The highest BCUT2D eigenvalue weighted by Gasteiger charge is 2.18. The molecule has 2 N–H and O–H groups in total. The smallest absolute Gasteiger partial charge is 0.149 e. The van der Waals surface area contributed by atoms with Crippen LogP contribution in [0.2, 0.25) is 5.02 Å².